The molecule has 2 aromatic rings. The number of halogens is 7. The van der Waals surface area contributed by atoms with Gasteiger partial charge < -0.3 is 24.5 Å². The molecule has 0 aromatic heterocycles. The number of hydrogen-bond donors (Lipinski definition) is 2. The number of benzene rings is 2. The van der Waals surface area contributed by atoms with Gasteiger partial charge in [-0.25, -0.2) is 0 Å². The molecule has 2 aromatic carbocycles. The average molecular weight is 773 g/mol. The number of allylic oxidation sites excluding steroid dienone is 1. The lowest BCUT2D eigenvalue weighted by Crippen LogP contribution is -2.65. The van der Waals surface area contributed by atoms with Gasteiger partial charge in [-0.2, -0.15) is 22.0 Å². The van der Waals surface area contributed by atoms with Gasteiger partial charge in [0.2, 0.25) is 0 Å². The van der Waals surface area contributed by atoms with Crippen LogP contribution in [0, 0.1) is 22.7 Å². The molecule has 0 unspecified atom stereocenters. The third kappa shape index (κ3) is 6.19. The van der Waals surface area contributed by atoms with Crippen LogP contribution in [-0.4, -0.2) is 58.7 Å². The number of ether oxygens (including phenoxy) is 2. The standard InChI is InChI=1S/C39H44Cl2F5NO5/c1-33(2)21-50-36(51-22-33)14-11-29-32-26(10-13-35(29,48)20-36)28-12-15-37(49,38(42,43)39(44,45)46)34(28,3)17-27(32)25-7-4-23(5-8-25)18-47-52-19-24-6-9-30(40)31(41)16-24/h4-9,16,18,26-28,48-49H,10-15,17,19-22H2,1-3H3/b47-18+/t26-,27+,28-,34-,35+,37-/m0/s1. The Morgan fingerprint density at radius 1 is 0.923 bits per heavy atom. The second kappa shape index (κ2) is 12.9. The molecule has 13 heteroatoms. The van der Waals surface area contributed by atoms with Crippen molar-refractivity contribution in [3.8, 4) is 0 Å². The largest absolute Gasteiger partial charge is 0.456 e. The fraction of sp³-hybridized carbons (Fsp3) is 0.615. The summed E-state index contributed by atoms with van der Waals surface area (Å²) in [5.74, 6) is -7.92. The van der Waals surface area contributed by atoms with Crippen molar-refractivity contribution in [1.82, 2.24) is 0 Å². The van der Waals surface area contributed by atoms with Crippen molar-refractivity contribution in [3.63, 3.8) is 0 Å². The molecule has 1 saturated heterocycles. The van der Waals surface area contributed by atoms with Crippen molar-refractivity contribution >= 4 is 29.4 Å². The van der Waals surface area contributed by atoms with Gasteiger partial charge in [0.1, 0.15) is 12.2 Å². The monoisotopic (exact) mass is 771 g/mol. The van der Waals surface area contributed by atoms with E-state index in [-0.39, 0.29) is 31.3 Å². The van der Waals surface area contributed by atoms with Gasteiger partial charge in [0.15, 0.2) is 5.79 Å². The summed E-state index contributed by atoms with van der Waals surface area (Å²) in [5, 5.41) is 28.9. The van der Waals surface area contributed by atoms with Crippen molar-refractivity contribution in [2.24, 2.45) is 27.8 Å². The van der Waals surface area contributed by atoms with E-state index in [0.717, 1.165) is 16.7 Å². The molecule has 1 heterocycles. The Kier molecular flexibility index (Phi) is 9.43. The van der Waals surface area contributed by atoms with E-state index in [1.807, 2.05) is 26.0 Å². The molecule has 0 bridgehead atoms. The van der Waals surface area contributed by atoms with Gasteiger partial charge in [0.05, 0.1) is 35.1 Å². The van der Waals surface area contributed by atoms with E-state index in [1.54, 1.807) is 30.3 Å². The smallest absolute Gasteiger partial charge is 0.391 e. The van der Waals surface area contributed by atoms with Crippen LogP contribution < -0.4 is 0 Å². The highest BCUT2D eigenvalue weighted by Gasteiger charge is 2.79. The maximum absolute atomic E-state index is 15.4. The van der Waals surface area contributed by atoms with E-state index >= 15 is 8.78 Å². The Balaban J connectivity index is 1.22. The summed E-state index contributed by atoms with van der Waals surface area (Å²) in [5.41, 5.74) is -2.69. The van der Waals surface area contributed by atoms with Gasteiger partial charge in [-0.1, -0.05) is 85.0 Å². The highest BCUT2D eigenvalue weighted by atomic mass is 35.5. The minimum absolute atomic E-state index is 0.0220. The predicted octanol–water partition coefficient (Wildman–Crippen LogP) is 9.77. The number of rotatable bonds is 6. The first-order chi connectivity index (χ1) is 24.2. The average Bonchev–Trinajstić information content (AvgIpc) is 3.36. The second-order valence-electron chi connectivity index (χ2n) is 16.6. The molecule has 6 atom stereocenters. The van der Waals surface area contributed by atoms with Gasteiger partial charge in [0, 0.05) is 29.6 Å². The van der Waals surface area contributed by atoms with Gasteiger partial charge in [-0.3, -0.25) is 0 Å². The van der Waals surface area contributed by atoms with Crippen molar-refractivity contribution < 1.29 is 46.5 Å². The minimum Gasteiger partial charge on any atom is -0.391 e. The topological polar surface area (TPSA) is 80.5 Å². The first-order valence-electron chi connectivity index (χ1n) is 17.8. The van der Waals surface area contributed by atoms with Crippen LogP contribution >= 0.6 is 23.2 Å². The molecule has 1 aliphatic heterocycles. The van der Waals surface area contributed by atoms with Crippen LogP contribution in [-0.2, 0) is 20.9 Å². The molecule has 2 N–H and O–H groups in total. The number of hydrogen-bond acceptors (Lipinski definition) is 6. The second-order valence-corrected chi connectivity index (χ2v) is 17.4. The summed E-state index contributed by atoms with van der Waals surface area (Å²) < 4.78 is 85.4. The molecule has 52 heavy (non-hydrogen) atoms. The van der Waals surface area contributed by atoms with E-state index in [2.05, 4.69) is 5.16 Å². The van der Waals surface area contributed by atoms with Gasteiger partial charge in [-0.15, -0.1) is 0 Å². The highest BCUT2D eigenvalue weighted by Crippen LogP contribution is 2.71. The number of alkyl halides is 5. The van der Waals surface area contributed by atoms with Crippen molar-refractivity contribution in [1.29, 1.82) is 0 Å². The van der Waals surface area contributed by atoms with Crippen LogP contribution in [0.5, 0.6) is 0 Å². The van der Waals surface area contributed by atoms with E-state index in [4.69, 9.17) is 37.5 Å². The Morgan fingerprint density at radius 3 is 2.27 bits per heavy atom. The van der Waals surface area contributed by atoms with E-state index in [1.165, 1.54) is 13.1 Å². The molecule has 4 aliphatic carbocycles. The summed E-state index contributed by atoms with van der Waals surface area (Å²) in [4.78, 5) is 5.43. The zero-order valence-corrected chi connectivity index (χ0v) is 30.9. The van der Waals surface area contributed by atoms with Crippen molar-refractivity contribution in [3.05, 3.63) is 80.3 Å². The maximum atomic E-state index is 15.4. The van der Waals surface area contributed by atoms with Crippen LogP contribution in [0.3, 0.4) is 0 Å². The van der Waals surface area contributed by atoms with E-state index < -0.39 is 58.7 Å². The molecular weight excluding hydrogens is 728 g/mol. The van der Waals surface area contributed by atoms with Crippen LogP contribution in [0.2, 0.25) is 10.0 Å². The first kappa shape index (κ1) is 38.0. The molecule has 0 radical (unpaired) electrons. The molecule has 0 amide bonds. The number of aliphatic hydroxyl groups is 2. The number of fused-ring (bicyclic) bond motifs is 4. The van der Waals surface area contributed by atoms with Crippen LogP contribution in [0.4, 0.5) is 22.0 Å². The van der Waals surface area contributed by atoms with Crippen LogP contribution in [0.15, 0.2) is 58.8 Å². The molecule has 1 spiro atoms. The molecule has 4 fully saturated rings. The van der Waals surface area contributed by atoms with E-state index in [0.29, 0.717) is 60.1 Å². The van der Waals surface area contributed by atoms with Gasteiger partial charge in [-0.05, 0) is 84.8 Å². The van der Waals surface area contributed by atoms with E-state index in [9.17, 15) is 23.4 Å². The summed E-state index contributed by atoms with van der Waals surface area (Å²) in [6.45, 7) is 6.60. The molecule has 284 valence electrons. The lowest BCUT2D eigenvalue weighted by atomic mass is 9.49. The third-order valence-corrected chi connectivity index (χ3v) is 13.5. The van der Waals surface area contributed by atoms with Crippen LogP contribution in [0.1, 0.15) is 94.7 Å². The third-order valence-electron chi connectivity index (χ3n) is 12.7. The van der Waals surface area contributed by atoms with Crippen molar-refractivity contribution in [2.75, 3.05) is 13.2 Å². The Bertz CT molecular complexity index is 1760. The normalized spacial score (nSPS) is 34.3. The Hall–Kier alpha value is -2.28. The fourth-order valence-electron chi connectivity index (χ4n) is 9.96. The Morgan fingerprint density at radius 2 is 1.62 bits per heavy atom. The molecular formula is C39H44Cl2F5NO5. The lowest BCUT2D eigenvalue weighted by molar-refractivity contribution is -0.362. The minimum atomic E-state index is -5.92. The first-order valence-corrected chi connectivity index (χ1v) is 18.6. The summed E-state index contributed by atoms with van der Waals surface area (Å²) in [6.07, 6.45) is -3.40. The fourth-order valence-corrected chi connectivity index (χ4v) is 10.3. The van der Waals surface area contributed by atoms with Crippen LogP contribution in [0.25, 0.3) is 0 Å². The molecule has 6 nitrogen and oxygen atoms in total. The zero-order chi connectivity index (χ0) is 37.5. The lowest BCUT2D eigenvalue weighted by Gasteiger charge is -2.59. The SMILES string of the molecule is CC1(C)COC2(CCC3=C4[C@@H](CC[C@@]3(O)C2)[C@@H]2CC[C@@](O)(C(F)(F)C(F)(F)F)[C@@]2(C)C[C@@H]4c2ccc(/C=N/OCc3ccc(Cl)c(Cl)c3)cc2)OC1. The molecule has 5 aliphatic rings. The summed E-state index contributed by atoms with van der Waals surface area (Å²) >= 11 is 12.0. The maximum Gasteiger partial charge on any atom is 0.456 e. The quantitative estimate of drug-likeness (QED) is 0.132. The Labute approximate surface area is 310 Å². The van der Waals surface area contributed by atoms with Gasteiger partial charge in [0.25, 0.3) is 0 Å². The molecule has 7 rings (SSSR count). The predicted molar refractivity (Wildman–Crippen MR) is 186 cm³/mol. The number of nitrogens with zero attached hydrogens (tertiary/aromatic N) is 1. The summed E-state index contributed by atoms with van der Waals surface area (Å²) in [7, 11) is 0. The zero-order valence-electron chi connectivity index (χ0n) is 29.3. The van der Waals surface area contributed by atoms with Crippen molar-refractivity contribution in [2.45, 2.75) is 114 Å². The van der Waals surface area contributed by atoms with Gasteiger partial charge >= 0.3 is 12.1 Å². The summed E-state index contributed by atoms with van der Waals surface area (Å²) in [6, 6.07) is 12.3. The highest BCUT2D eigenvalue weighted by molar-refractivity contribution is 6.42. The molecule has 3 saturated carbocycles. The number of oxime groups is 1.